The molecule has 0 fully saturated rings. The SMILES string of the molecule is CC(=O)Nc1ccc(F)c(C(=O)N(CCC(=O)O)C(C)C)c1. The van der Waals surface area contributed by atoms with Gasteiger partial charge in [0.1, 0.15) is 5.82 Å². The lowest BCUT2D eigenvalue weighted by atomic mass is 10.1. The summed E-state index contributed by atoms with van der Waals surface area (Å²) in [6, 6.07) is 3.41. The third-order valence-corrected chi connectivity index (χ3v) is 2.97. The molecule has 1 aromatic rings. The van der Waals surface area contributed by atoms with Crippen molar-refractivity contribution >= 4 is 23.5 Å². The van der Waals surface area contributed by atoms with Crippen LogP contribution in [0, 0.1) is 5.82 Å². The van der Waals surface area contributed by atoms with Crippen molar-refractivity contribution in [1.82, 2.24) is 4.90 Å². The van der Waals surface area contributed by atoms with Gasteiger partial charge in [0.15, 0.2) is 0 Å². The number of hydrogen-bond acceptors (Lipinski definition) is 3. The van der Waals surface area contributed by atoms with Crippen LogP contribution in [0.25, 0.3) is 0 Å². The highest BCUT2D eigenvalue weighted by atomic mass is 19.1. The molecule has 2 N–H and O–H groups in total. The number of rotatable bonds is 6. The Hall–Kier alpha value is -2.44. The van der Waals surface area contributed by atoms with Crippen LogP contribution in [0.15, 0.2) is 18.2 Å². The van der Waals surface area contributed by atoms with E-state index in [1.807, 2.05) is 0 Å². The highest BCUT2D eigenvalue weighted by Gasteiger charge is 2.22. The topological polar surface area (TPSA) is 86.7 Å². The average molecular weight is 310 g/mol. The van der Waals surface area contributed by atoms with Crippen molar-refractivity contribution in [2.75, 3.05) is 11.9 Å². The van der Waals surface area contributed by atoms with Gasteiger partial charge in [0.25, 0.3) is 5.91 Å². The van der Waals surface area contributed by atoms with Crippen molar-refractivity contribution < 1.29 is 23.9 Å². The van der Waals surface area contributed by atoms with Gasteiger partial charge in [-0.2, -0.15) is 0 Å². The molecule has 1 rings (SSSR count). The van der Waals surface area contributed by atoms with Gasteiger partial charge < -0.3 is 15.3 Å². The molecule has 0 saturated heterocycles. The van der Waals surface area contributed by atoms with Crippen LogP contribution in [0.4, 0.5) is 10.1 Å². The maximum absolute atomic E-state index is 13.9. The summed E-state index contributed by atoms with van der Waals surface area (Å²) in [5.41, 5.74) is 0.101. The summed E-state index contributed by atoms with van der Waals surface area (Å²) in [5.74, 6) is -2.71. The number of aliphatic carboxylic acids is 1. The van der Waals surface area contributed by atoms with Gasteiger partial charge in [-0.05, 0) is 32.0 Å². The van der Waals surface area contributed by atoms with Crippen molar-refractivity contribution in [3.8, 4) is 0 Å². The van der Waals surface area contributed by atoms with Gasteiger partial charge in [0.05, 0.1) is 12.0 Å². The first-order chi connectivity index (χ1) is 10.2. The Balaban J connectivity index is 3.06. The van der Waals surface area contributed by atoms with E-state index in [1.165, 1.54) is 24.0 Å². The Morgan fingerprint density at radius 3 is 2.45 bits per heavy atom. The molecule has 0 saturated carbocycles. The number of carbonyl (C=O) groups is 3. The van der Waals surface area contributed by atoms with Gasteiger partial charge in [-0.15, -0.1) is 0 Å². The average Bonchev–Trinajstić information content (AvgIpc) is 2.39. The molecule has 0 unspecified atom stereocenters. The van der Waals surface area contributed by atoms with Gasteiger partial charge in [-0.3, -0.25) is 14.4 Å². The van der Waals surface area contributed by atoms with Crippen LogP contribution >= 0.6 is 0 Å². The van der Waals surface area contributed by atoms with Gasteiger partial charge in [-0.25, -0.2) is 4.39 Å². The minimum absolute atomic E-state index is 0.0182. The van der Waals surface area contributed by atoms with Gasteiger partial charge in [0, 0.05) is 25.2 Å². The van der Waals surface area contributed by atoms with E-state index in [0.29, 0.717) is 5.69 Å². The second-order valence-electron chi connectivity index (χ2n) is 5.11. The molecule has 22 heavy (non-hydrogen) atoms. The zero-order valence-electron chi connectivity index (χ0n) is 12.7. The molecule has 2 amide bonds. The van der Waals surface area contributed by atoms with Gasteiger partial charge >= 0.3 is 5.97 Å². The predicted molar refractivity (Wildman–Crippen MR) is 79.1 cm³/mol. The Morgan fingerprint density at radius 2 is 1.95 bits per heavy atom. The number of nitrogens with zero attached hydrogens (tertiary/aromatic N) is 1. The van der Waals surface area contributed by atoms with E-state index < -0.39 is 17.7 Å². The number of amides is 2. The number of carboxylic acids is 1. The number of halogens is 1. The molecule has 7 heteroatoms. The third kappa shape index (κ3) is 4.83. The summed E-state index contributed by atoms with van der Waals surface area (Å²) >= 11 is 0. The van der Waals surface area contributed by atoms with E-state index in [4.69, 9.17) is 5.11 Å². The smallest absolute Gasteiger partial charge is 0.305 e. The molecule has 1 aromatic carbocycles. The molecule has 0 aliphatic rings. The molecular formula is C15H19FN2O4. The molecular weight excluding hydrogens is 291 g/mol. The van der Waals surface area contributed by atoms with E-state index in [1.54, 1.807) is 13.8 Å². The van der Waals surface area contributed by atoms with E-state index in [9.17, 15) is 18.8 Å². The first kappa shape index (κ1) is 17.6. The van der Waals surface area contributed by atoms with Crippen LogP contribution in [0.5, 0.6) is 0 Å². The Morgan fingerprint density at radius 1 is 1.32 bits per heavy atom. The lowest BCUT2D eigenvalue weighted by molar-refractivity contribution is -0.137. The maximum Gasteiger partial charge on any atom is 0.305 e. The van der Waals surface area contributed by atoms with Crippen LogP contribution in [0.1, 0.15) is 37.6 Å². The molecule has 0 radical (unpaired) electrons. The number of nitrogens with one attached hydrogen (secondary N) is 1. The summed E-state index contributed by atoms with van der Waals surface area (Å²) < 4.78 is 13.9. The van der Waals surface area contributed by atoms with E-state index >= 15 is 0 Å². The fraction of sp³-hybridized carbons (Fsp3) is 0.400. The van der Waals surface area contributed by atoms with Crippen molar-refractivity contribution in [3.63, 3.8) is 0 Å². The number of hydrogen-bond donors (Lipinski definition) is 2. The molecule has 0 bridgehead atoms. The quantitative estimate of drug-likeness (QED) is 0.842. The molecule has 120 valence electrons. The second-order valence-corrected chi connectivity index (χ2v) is 5.11. The summed E-state index contributed by atoms with van der Waals surface area (Å²) in [6.07, 6.45) is -0.225. The molecule has 0 atom stereocenters. The number of benzene rings is 1. The van der Waals surface area contributed by atoms with E-state index in [2.05, 4.69) is 5.32 Å². The van der Waals surface area contributed by atoms with Crippen LogP contribution in [-0.2, 0) is 9.59 Å². The zero-order chi connectivity index (χ0) is 16.9. The van der Waals surface area contributed by atoms with E-state index in [-0.39, 0.29) is 30.5 Å². The third-order valence-electron chi connectivity index (χ3n) is 2.97. The predicted octanol–water partition coefficient (Wildman–Crippen LogP) is 2.11. The van der Waals surface area contributed by atoms with Gasteiger partial charge in [0.2, 0.25) is 5.91 Å². The largest absolute Gasteiger partial charge is 0.481 e. The van der Waals surface area contributed by atoms with Crippen molar-refractivity contribution in [1.29, 1.82) is 0 Å². The fourth-order valence-corrected chi connectivity index (χ4v) is 1.94. The van der Waals surface area contributed by atoms with Gasteiger partial charge in [-0.1, -0.05) is 0 Å². The first-order valence-corrected chi connectivity index (χ1v) is 6.82. The standard InChI is InChI=1S/C15H19FN2O4/c1-9(2)18(7-6-14(20)21)15(22)12-8-11(17-10(3)19)4-5-13(12)16/h4-5,8-9H,6-7H2,1-3H3,(H,17,19)(H,20,21). The summed E-state index contributed by atoms with van der Waals surface area (Å²) in [6.45, 7) is 4.72. The number of carboxylic acid groups (broad SMARTS) is 1. The lowest BCUT2D eigenvalue weighted by Crippen LogP contribution is -2.39. The summed E-state index contributed by atoms with van der Waals surface area (Å²) in [5, 5.41) is 11.2. The minimum Gasteiger partial charge on any atom is -0.481 e. The normalized spacial score (nSPS) is 10.4. The summed E-state index contributed by atoms with van der Waals surface area (Å²) in [7, 11) is 0. The van der Waals surface area contributed by atoms with Crippen molar-refractivity contribution in [3.05, 3.63) is 29.6 Å². The second kappa shape index (κ2) is 7.53. The molecule has 0 spiro atoms. The molecule has 6 nitrogen and oxygen atoms in total. The van der Waals surface area contributed by atoms with Crippen LogP contribution in [0.2, 0.25) is 0 Å². The number of anilines is 1. The Labute approximate surface area is 127 Å². The van der Waals surface area contributed by atoms with Crippen LogP contribution in [0.3, 0.4) is 0 Å². The maximum atomic E-state index is 13.9. The monoisotopic (exact) mass is 310 g/mol. The fourth-order valence-electron chi connectivity index (χ4n) is 1.94. The minimum atomic E-state index is -1.04. The highest BCUT2D eigenvalue weighted by Crippen LogP contribution is 2.18. The molecule has 0 aromatic heterocycles. The van der Waals surface area contributed by atoms with Crippen LogP contribution < -0.4 is 5.32 Å². The first-order valence-electron chi connectivity index (χ1n) is 6.82. The molecule has 0 aliphatic carbocycles. The molecule has 0 aliphatic heterocycles. The molecule has 0 heterocycles. The highest BCUT2D eigenvalue weighted by molar-refractivity contribution is 5.97. The van der Waals surface area contributed by atoms with Crippen molar-refractivity contribution in [2.45, 2.75) is 33.2 Å². The Bertz CT molecular complexity index is 587. The van der Waals surface area contributed by atoms with Crippen molar-refractivity contribution in [2.24, 2.45) is 0 Å². The summed E-state index contributed by atoms with van der Waals surface area (Å²) in [4.78, 5) is 35.4. The van der Waals surface area contributed by atoms with Crippen LogP contribution in [-0.4, -0.2) is 40.4 Å². The van der Waals surface area contributed by atoms with E-state index in [0.717, 1.165) is 6.07 Å². The number of carbonyl (C=O) groups excluding carboxylic acids is 2. The lowest BCUT2D eigenvalue weighted by Gasteiger charge is -2.26. The zero-order valence-corrected chi connectivity index (χ0v) is 12.7. The Kier molecular flexibility index (Phi) is 6.03.